The molecule has 3 aromatic carbocycles. The van der Waals surface area contributed by atoms with Crippen molar-refractivity contribution in [1.82, 2.24) is 0 Å². The molecule has 0 radical (unpaired) electrons. The number of benzene rings is 3. The maximum Gasteiger partial charge on any atom is 0.0560 e. The van der Waals surface area contributed by atoms with E-state index < -0.39 is 0 Å². The van der Waals surface area contributed by atoms with E-state index in [9.17, 15) is 0 Å². The first-order chi connectivity index (χ1) is 12.2. The zero-order chi connectivity index (χ0) is 17.0. The Morgan fingerprint density at radius 2 is 1.84 bits per heavy atom. The molecular formula is C23H20IN. The molecule has 2 aliphatic rings. The van der Waals surface area contributed by atoms with E-state index in [1.165, 1.54) is 36.7 Å². The smallest absolute Gasteiger partial charge is 0.0560 e. The minimum absolute atomic E-state index is 0.359. The molecule has 3 atom stereocenters. The van der Waals surface area contributed by atoms with Crippen molar-refractivity contribution in [2.24, 2.45) is 5.92 Å². The molecule has 0 aromatic heterocycles. The van der Waals surface area contributed by atoms with Crippen molar-refractivity contribution in [3.63, 3.8) is 0 Å². The molecule has 0 bridgehead atoms. The van der Waals surface area contributed by atoms with E-state index in [4.69, 9.17) is 0 Å². The topological polar surface area (TPSA) is 12.0 Å². The lowest BCUT2D eigenvalue weighted by Crippen LogP contribution is -2.29. The van der Waals surface area contributed by atoms with Gasteiger partial charge in [0.15, 0.2) is 0 Å². The Hall–Kier alpha value is -1.81. The zero-order valence-corrected chi connectivity index (χ0v) is 16.3. The second kappa shape index (κ2) is 5.87. The molecule has 5 rings (SSSR count). The van der Waals surface area contributed by atoms with Crippen LogP contribution in [0.3, 0.4) is 0 Å². The molecule has 124 valence electrons. The van der Waals surface area contributed by atoms with Crippen LogP contribution in [0.25, 0.3) is 10.8 Å². The molecule has 25 heavy (non-hydrogen) atoms. The molecule has 1 nitrogen and oxygen atoms in total. The lowest BCUT2D eigenvalue weighted by Gasteiger charge is -2.39. The lowest BCUT2D eigenvalue weighted by molar-refractivity contribution is 0.427. The van der Waals surface area contributed by atoms with E-state index in [-0.39, 0.29) is 0 Å². The lowest BCUT2D eigenvalue weighted by atomic mass is 9.75. The SMILES string of the molecule is Cc1cc(I)cc2c1N[C@H](c1cccc3ccccc13)[C@@H]1CC=C[C@@H]21. The second-order valence-corrected chi connectivity index (χ2v) is 8.48. The van der Waals surface area contributed by atoms with Gasteiger partial charge in [0.1, 0.15) is 0 Å². The van der Waals surface area contributed by atoms with Gasteiger partial charge in [-0.2, -0.15) is 0 Å². The summed E-state index contributed by atoms with van der Waals surface area (Å²) in [6.07, 6.45) is 5.95. The largest absolute Gasteiger partial charge is 0.377 e. The molecule has 1 heterocycles. The fraction of sp³-hybridized carbons (Fsp3) is 0.217. The molecular weight excluding hydrogens is 417 g/mol. The first-order valence-electron chi connectivity index (χ1n) is 8.93. The van der Waals surface area contributed by atoms with Crippen molar-refractivity contribution in [3.8, 4) is 0 Å². The second-order valence-electron chi connectivity index (χ2n) is 7.23. The van der Waals surface area contributed by atoms with Gasteiger partial charge in [0, 0.05) is 15.2 Å². The molecule has 0 saturated carbocycles. The van der Waals surface area contributed by atoms with Crippen LogP contribution in [0.4, 0.5) is 5.69 Å². The number of anilines is 1. The van der Waals surface area contributed by atoms with Crippen molar-refractivity contribution in [1.29, 1.82) is 0 Å². The van der Waals surface area contributed by atoms with Gasteiger partial charge in [0.2, 0.25) is 0 Å². The maximum atomic E-state index is 3.93. The Balaban J connectivity index is 1.70. The maximum absolute atomic E-state index is 3.93. The molecule has 1 aliphatic carbocycles. The van der Waals surface area contributed by atoms with E-state index in [0.29, 0.717) is 17.9 Å². The summed E-state index contributed by atoms with van der Waals surface area (Å²) in [5.74, 6) is 1.12. The molecule has 0 spiro atoms. The van der Waals surface area contributed by atoms with Crippen LogP contribution in [0.2, 0.25) is 0 Å². The molecule has 0 amide bonds. The number of fused-ring (bicyclic) bond motifs is 4. The summed E-state index contributed by atoms with van der Waals surface area (Å²) in [5, 5.41) is 6.63. The predicted octanol–water partition coefficient (Wildman–Crippen LogP) is 6.58. The Morgan fingerprint density at radius 3 is 2.76 bits per heavy atom. The highest BCUT2D eigenvalue weighted by Crippen LogP contribution is 2.51. The highest BCUT2D eigenvalue weighted by atomic mass is 127. The number of hydrogen-bond acceptors (Lipinski definition) is 1. The van der Waals surface area contributed by atoms with E-state index in [1.807, 2.05) is 0 Å². The van der Waals surface area contributed by atoms with Gasteiger partial charge in [-0.3, -0.25) is 0 Å². The number of rotatable bonds is 1. The Bertz CT molecular complexity index is 999. The minimum Gasteiger partial charge on any atom is -0.377 e. The third-order valence-corrected chi connectivity index (χ3v) is 6.41. The summed E-state index contributed by atoms with van der Waals surface area (Å²) in [7, 11) is 0. The summed E-state index contributed by atoms with van der Waals surface area (Å²) in [5.41, 5.74) is 5.59. The first-order valence-corrected chi connectivity index (χ1v) is 10.0. The Labute approximate surface area is 162 Å². The molecule has 3 aromatic rings. The third kappa shape index (κ3) is 2.42. The van der Waals surface area contributed by atoms with Crippen LogP contribution >= 0.6 is 22.6 Å². The van der Waals surface area contributed by atoms with Crippen LogP contribution in [-0.4, -0.2) is 0 Å². The third-order valence-electron chi connectivity index (χ3n) is 5.79. The monoisotopic (exact) mass is 437 g/mol. The van der Waals surface area contributed by atoms with Gasteiger partial charge in [-0.15, -0.1) is 0 Å². The highest BCUT2D eigenvalue weighted by Gasteiger charge is 2.38. The Morgan fingerprint density at radius 1 is 1.00 bits per heavy atom. The van der Waals surface area contributed by atoms with Crippen LogP contribution in [0.1, 0.15) is 35.1 Å². The van der Waals surface area contributed by atoms with Gasteiger partial charge in [0.25, 0.3) is 0 Å². The van der Waals surface area contributed by atoms with Gasteiger partial charge in [-0.05, 0) is 81.4 Å². The van der Waals surface area contributed by atoms with Crippen LogP contribution in [0.5, 0.6) is 0 Å². The van der Waals surface area contributed by atoms with E-state index in [1.54, 1.807) is 0 Å². The molecule has 0 saturated heterocycles. The molecule has 0 unspecified atom stereocenters. The van der Waals surface area contributed by atoms with E-state index in [2.05, 4.69) is 102 Å². The van der Waals surface area contributed by atoms with E-state index in [0.717, 1.165) is 6.42 Å². The van der Waals surface area contributed by atoms with Gasteiger partial charge < -0.3 is 5.32 Å². The summed E-state index contributed by atoms with van der Waals surface area (Å²) in [6.45, 7) is 2.23. The molecule has 1 aliphatic heterocycles. The molecule has 1 N–H and O–H groups in total. The number of aryl methyl sites for hydroxylation is 1. The molecule has 0 fully saturated rings. The first kappa shape index (κ1) is 15.4. The van der Waals surface area contributed by atoms with Crippen molar-refractivity contribution in [2.75, 3.05) is 5.32 Å². The quantitative estimate of drug-likeness (QED) is 0.335. The summed E-state index contributed by atoms with van der Waals surface area (Å²) in [4.78, 5) is 0. The number of nitrogens with one attached hydrogen (secondary N) is 1. The van der Waals surface area contributed by atoms with Gasteiger partial charge in [-0.25, -0.2) is 0 Å². The van der Waals surface area contributed by atoms with Crippen molar-refractivity contribution >= 4 is 39.1 Å². The predicted molar refractivity (Wildman–Crippen MR) is 114 cm³/mol. The zero-order valence-electron chi connectivity index (χ0n) is 14.2. The van der Waals surface area contributed by atoms with Crippen LogP contribution < -0.4 is 5.32 Å². The molecule has 2 heteroatoms. The fourth-order valence-electron chi connectivity index (χ4n) is 4.67. The number of halogens is 1. The van der Waals surface area contributed by atoms with Crippen LogP contribution in [0, 0.1) is 16.4 Å². The van der Waals surface area contributed by atoms with Crippen molar-refractivity contribution < 1.29 is 0 Å². The van der Waals surface area contributed by atoms with Crippen molar-refractivity contribution in [3.05, 3.63) is 87.0 Å². The van der Waals surface area contributed by atoms with Crippen LogP contribution in [-0.2, 0) is 0 Å². The van der Waals surface area contributed by atoms with Crippen LogP contribution in [0.15, 0.2) is 66.7 Å². The Kier molecular flexibility index (Phi) is 3.63. The van der Waals surface area contributed by atoms with Gasteiger partial charge in [-0.1, -0.05) is 54.6 Å². The van der Waals surface area contributed by atoms with E-state index >= 15 is 0 Å². The minimum atomic E-state index is 0.359. The summed E-state index contributed by atoms with van der Waals surface area (Å²) >= 11 is 2.44. The van der Waals surface area contributed by atoms with Crippen molar-refractivity contribution in [2.45, 2.75) is 25.3 Å². The highest BCUT2D eigenvalue weighted by molar-refractivity contribution is 14.1. The summed E-state index contributed by atoms with van der Waals surface area (Å²) < 4.78 is 1.33. The number of hydrogen-bond donors (Lipinski definition) is 1. The summed E-state index contributed by atoms with van der Waals surface area (Å²) in [6, 6.07) is 20.5. The standard InChI is InChI=1S/C23H20IN/c1-14-12-16(24)13-21-18-9-5-11-20(18)23(25-22(14)21)19-10-4-7-15-6-2-3-8-17(15)19/h2-10,12-13,18,20,23,25H,11H2,1H3/t18-,20-,23-/m1/s1. The average Bonchev–Trinajstić information content (AvgIpc) is 3.11. The average molecular weight is 437 g/mol. The van der Waals surface area contributed by atoms with Gasteiger partial charge in [0.05, 0.1) is 6.04 Å². The fourth-order valence-corrected chi connectivity index (χ4v) is 5.47. The number of allylic oxidation sites excluding steroid dienone is 2. The normalized spacial score (nSPS) is 24.0. The van der Waals surface area contributed by atoms with Gasteiger partial charge >= 0.3 is 0 Å².